The minimum absolute atomic E-state index is 0.0226. The van der Waals surface area contributed by atoms with E-state index in [1.165, 1.54) is 0 Å². The van der Waals surface area contributed by atoms with Crippen molar-refractivity contribution in [2.75, 3.05) is 13.2 Å². The predicted octanol–water partition coefficient (Wildman–Crippen LogP) is 1.21. The van der Waals surface area contributed by atoms with Crippen LogP contribution in [0.5, 0.6) is 0 Å². The fourth-order valence-electron chi connectivity index (χ4n) is 11.2. The molecule has 3 N–H and O–H groups in total. The summed E-state index contributed by atoms with van der Waals surface area (Å²) >= 11 is 0. The lowest BCUT2D eigenvalue weighted by Gasteiger charge is -2.64. The molecule has 8 rings (SSSR count). The van der Waals surface area contributed by atoms with Gasteiger partial charge in [-0.15, -0.1) is 0 Å². The SMILES string of the molecule is C[C@@H]1C[C@H](O)[C@]2(O)O[C@@H]3CC4(C=O)C5CC[C@]67CO[C@]8(COC(=O)C8)C6CC[C@]7(O)C5CC[C@H]4C[C@H]3O[C@@H]2O1. The van der Waals surface area contributed by atoms with E-state index in [-0.39, 0.29) is 61.3 Å². The lowest BCUT2D eigenvalue weighted by Crippen LogP contribution is -2.71. The van der Waals surface area contributed by atoms with Gasteiger partial charge in [-0.3, -0.25) is 4.79 Å². The molecule has 4 aliphatic heterocycles. The average Bonchev–Trinajstić information content (AvgIpc) is 3.54. The minimum atomic E-state index is -1.97. The summed E-state index contributed by atoms with van der Waals surface area (Å²) in [5.41, 5.74) is -2.73. The summed E-state index contributed by atoms with van der Waals surface area (Å²) in [5, 5.41) is 34.6. The molecular weight excluding hydrogens is 508 g/mol. The van der Waals surface area contributed by atoms with Crippen LogP contribution in [0, 0.1) is 34.5 Å². The molecule has 2 spiro atoms. The van der Waals surface area contributed by atoms with E-state index in [1.807, 2.05) is 6.92 Å². The zero-order valence-electron chi connectivity index (χ0n) is 22.5. The van der Waals surface area contributed by atoms with E-state index in [0.717, 1.165) is 38.4 Å². The average molecular weight is 549 g/mol. The standard InChI is InChI=1S/C29H40O10/c1-15-8-22(31)29(34)24(37-15)38-19-9-16-2-3-18-17(25(16,12-30)10-20(19)39-29)4-6-26-13-36-27(11-23(32)35-14-27)21(26)5-7-28(18,26)33/h12,15-22,24,31,33-34H,2-11,13-14H2,1H3/t15-,16+,17?,18?,19-,20-,21?,22+,24+,25?,26+,27-,28+,29+/m1/s1. The number of aliphatic hydroxyl groups excluding tert-OH is 1. The Labute approximate surface area is 227 Å². The summed E-state index contributed by atoms with van der Waals surface area (Å²) < 4.78 is 30.0. The maximum Gasteiger partial charge on any atom is 0.308 e. The van der Waals surface area contributed by atoms with Crippen LogP contribution in [0.15, 0.2) is 0 Å². The third kappa shape index (κ3) is 3.02. The second-order valence-corrected chi connectivity index (χ2v) is 14.2. The fourth-order valence-corrected chi connectivity index (χ4v) is 11.2. The van der Waals surface area contributed by atoms with Crippen molar-refractivity contribution in [3.63, 3.8) is 0 Å². The predicted molar refractivity (Wildman–Crippen MR) is 131 cm³/mol. The summed E-state index contributed by atoms with van der Waals surface area (Å²) in [6.07, 6.45) is 3.84. The van der Waals surface area contributed by atoms with Crippen molar-refractivity contribution in [1.29, 1.82) is 0 Å². The lowest BCUT2D eigenvalue weighted by atomic mass is 9.42. The van der Waals surface area contributed by atoms with Crippen LogP contribution in [-0.2, 0) is 33.3 Å². The molecule has 4 aliphatic carbocycles. The molecule has 4 heterocycles. The molecule has 10 nitrogen and oxygen atoms in total. The second-order valence-electron chi connectivity index (χ2n) is 14.2. The van der Waals surface area contributed by atoms with Crippen LogP contribution in [0.2, 0.25) is 0 Å². The number of aliphatic hydroxyl groups is 3. The van der Waals surface area contributed by atoms with Gasteiger partial charge in [0, 0.05) is 23.2 Å². The van der Waals surface area contributed by atoms with Crippen LogP contribution in [0.4, 0.5) is 0 Å². The van der Waals surface area contributed by atoms with E-state index < -0.39 is 46.3 Å². The van der Waals surface area contributed by atoms with Crippen molar-refractivity contribution < 1.29 is 48.6 Å². The van der Waals surface area contributed by atoms with E-state index in [4.69, 9.17) is 23.7 Å². The topological polar surface area (TPSA) is 141 Å². The number of rotatable bonds is 1. The van der Waals surface area contributed by atoms with Gasteiger partial charge in [-0.05, 0) is 76.0 Å². The molecule has 0 aromatic heterocycles. The number of hydrogen-bond acceptors (Lipinski definition) is 10. The molecule has 10 heteroatoms. The van der Waals surface area contributed by atoms with E-state index in [2.05, 4.69) is 0 Å². The molecule has 14 atom stereocenters. The summed E-state index contributed by atoms with van der Waals surface area (Å²) in [6, 6.07) is 0. The number of carbonyl (C=O) groups is 2. The largest absolute Gasteiger partial charge is 0.462 e. The highest BCUT2D eigenvalue weighted by molar-refractivity contribution is 5.73. The highest BCUT2D eigenvalue weighted by Gasteiger charge is 2.77. The molecule has 0 amide bonds. The lowest BCUT2D eigenvalue weighted by molar-refractivity contribution is -0.457. The van der Waals surface area contributed by atoms with E-state index in [0.29, 0.717) is 25.9 Å². The monoisotopic (exact) mass is 548 g/mol. The van der Waals surface area contributed by atoms with Gasteiger partial charge in [-0.1, -0.05) is 0 Å². The number of hydrogen-bond donors (Lipinski definition) is 3. The van der Waals surface area contributed by atoms with Gasteiger partial charge in [0.2, 0.25) is 12.1 Å². The first-order chi connectivity index (χ1) is 18.6. The van der Waals surface area contributed by atoms with Gasteiger partial charge in [0.05, 0.1) is 36.9 Å². The third-order valence-electron chi connectivity index (χ3n) is 12.9. The Morgan fingerprint density at radius 3 is 2.59 bits per heavy atom. The smallest absolute Gasteiger partial charge is 0.308 e. The molecule has 216 valence electrons. The number of ether oxygens (including phenoxy) is 5. The van der Waals surface area contributed by atoms with Crippen molar-refractivity contribution in [3.8, 4) is 0 Å². The van der Waals surface area contributed by atoms with Gasteiger partial charge in [-0.2, -0.15) is 0 Å². The molecule has 0 aromatic carbocycles. The highest BCUT2D eigenvalue weighted by atomic mass is 16.8. The number of fused-ring (bicyclic) bond motifs is 7. The Kier molecular flexibility index (Phi) is 5.26. The maximum absolute atomic E-state index is 13.2. The second kappa shape index (κ2) is 8.02. The quantitative estimate of drug-likeness (QED) is 0.249. The van der Waals surface area contributed by atoms with Crippen molar-refractivity contribution in [3.05, 3.63) is 0 Å². The Bertz CT molecular complexity index is 1080. The first kappa shape index (κ1) is 25.6. The molecule has 4 saturated heterocycles. The number of esters is 1. The molecule has 4 unspecified atom stereocenters. The van der Waals surface area contributed by atoms with Gasteiger partial charge in [0.15, 0.2) is 0 Å². The molecule has 39 heavy (non-hydrogen) atoms. The van der Waals surface area contributed by atoms with Crippen LogP contribution in [0.25, 0.3) is 0 Å². The number of cyclic esters (lactones) is 1. The Hall–Kier alpha value is -1.14. The van der Waals surface area contributed by atoms with Gasteiger partial charge in [-0.25, -0.2) is 0 Å². The summed E-state index contributed by atoms with van der Waals surface area (Å²) in [7, 11) is 0. The van der Waals surface area contributed by atoms with E-state index in [9.17, 15) is 24.9 Å². The molecule has 0 radical (unpaired) electrons. The molecule has 4 saturated carbocycles. The minimum Gasteiger partial charge on any atom is -0.462 e. The molecule has 8 aliphatic rings. The maximum atomic E-state index is 13.2. The van der Waals surface area contributed by atoms with Crippen molar-refractivity contribution in [1.82, 2.24) is 0 Å². The molecule has 8 fully saturated rings. The van der Waals surface area contributed by atoms with Crippen LogP contribution < -0.4 is 0 Å². The Morgan fingerprint density at radius 2 is 1.82 bits per heavy atom. The van der Waals surface area contributed by atoms with Crippen LogP contribution in [0.1, 0.15) is 71.1 Å². The van der Waals surface area contributed by atoms with E-state index >= 15 is 0 Å². The summed E-state index contributed by atoms with van der Waals surface area (Å²) in [4.78, 5) is 25.3. The van der Waals surface area contributed by atoms with Crippen molar-refractivity contribution >= 4 is 12.3 Å². The number of aldehydes is 1. The zero-order valence-corrected chi connectivity index (χ0v) is 22.5. The van der Waals surface area contributed by atoms with Crippen LogP contribution in [0.3, 0.4) is 0 Å². The van der Waals surface area contributed by atoms with Gasteiger partial charge >= 0.3 is 5.97 Å². The number of carbonyl (C=O) groups excluding carboxylic acids is 2. The Balaban J connectivity index is 1.10. The Morgan fingerprint density at radius 1 is 0.974 bits per heavy atom. The van der Waals surface area contributed by atoms with Crippen LogP contribution in [-0.4, -0.2) is 88.5 Å². The fraction of sp³-hybridized carbons (Fsp3) is 0.931. The first-order valence-electron chi connectivity index (χ1n) is 15.0. The molecule has 0 aromatic rings. The summed E-state index contributed by atoms with van der Waals surface area (Å²) in [6.45, 7) is 2.53. The molecular formula is C29H40O10. The van der Waals surface area contributed by atoms with Crippen LogP contribution >= 0.6 is 0 Å². The first-order valence-corrected chi connectivity index (χ1v) is 15.0. The zero-order chi connectivity index (χ0) is 27.0. The highest BCUT2D eigenvalue weighted by Crippen LogP contribution is 2.73. The van der Waals surface area contributed by atoms with Gasteiger partial charge in [0.25, 0.3) is 0 Å². The normalized spacial score (nSPS) is 61.3. The summed E-state index contributed by atoms with van der Waals surface area (Å²) in [5.74, 6) is -2.13. The van der Waals surface area contributed by atoms with Gasteiger partial charge in [0.1, 0.15) is 24.6 Å². The third-order valence-corrected chi connectivity index (χ3v) is 12.9. The molecule has 0 bridgehead atoms. The van der Waals surface area contributed by atoms with E-state index in [1.54, 1.807) is 0 Å². The van der Waals surface area contributed by atoms with Gasteiger partial charge < -0.3 is 43.8 Å². The van der Waals surface area contributed by atoms with Crippen molar-refractivity contribution in [2.45, 2.75) is 119 Å². The van der Waals surface area contributed by atoms with Crippen molar-refractivity contribution in [2.24, 2.45) is 34.5 Å².